The lowest BCUT2D eigenvalue weighted by Crippen LogP contribution is -2.14. The molecule has 98 valence electrons. The van der Waals surface area contributed by atoms with Gasteiger partial charge in [-0.1, -0.05) is 29.8 Å². The molecule has 0 radical (unpaired) electrons. The minimum absolute atomic E-state index is 0.154. The van der Waals surface area contributed by atoms with Gasteiger partial charge in [0.15, 0.2) is 0 Å². The molecule has 3 rings (SSSR count). The third-order valence-corrected chi connectivity index (χ3v) is 3.56. The second-order valence-electron chi connectivity index (χ2n) is 4.53. The Bertz CT molecular complexity index is 618. The number of hydrogen-bond donors (Lipinski definition) is 2. The van der Waals surface area contributed by atoms with Crippen molar-refractivity contribution < 1.29 is 9.84 Å². The molecule has 0 bridgehead atoms. The van der Waals surface area contributed by atoms with Crippen LogP contribution in [0.1, 0.15) is 23.1 Å². The monoisotopic (exact) mass is 276 g/mol. The molecule has 2 aromatic rings. The van der Waals surface area contributed by atoms with Gasteiger partial charge in [0, 0.05) is 17.3 Å². The van der Waals surface area contributed by atoms with Crippen LogP contribution in [0.4, 0.5) is 5.82 Å². The molecule has 0 amide bonds. The van der Waals surface area contributed by atoms with Crippen LogP contribution in [-0.4, -0.2) is 16.7 Å². The standard InChI is InChI=1S/C14H13ClN2O2/c15-8-5-10(14(16)17-6-8)13(18)11-7-19-12-4-2-1-3-9(11)12/h1-6,11,13,18H,7H2,(H2,16,17). The van der Waals surface area contributed by atoms with Gasteiger partial charge in [-0.3, -0.25) is 0 Å². The maximum Gasteiger partial charge on any atom is 0.129 e. The highest BCUT2D eigenvalue weighted by atomic mass is 35.5. The summed E-state index contributed by atoms with van der Waals surface area (Å²) in [5.74, 6) is 0.945. The zero-order valence-corrected chi connectivity index (χ0v) is 10.8. The first kappa shape index (κ1) is 12.3. The fourth-order valence-electron chi connectivity index (χ4n) is 2.37. The van der Waals surface area contributed by atoms with E-state index in [1.165, 1.54) is 6.20 Å². The summed E-state index contributed by atoms with van der Waals surface area (Å²) in [5, 5.41) is 11.0. The molecule has 1 aliphatic rings. The number of nitrogen functional groups attached to an aromatic ring is 1. The van der Waals surface area contributed by atoms with Crippen LogP contribution >= 0.6 is 11.6 Å². The van der Waals surface area contributed by atoms with E-state index in [1.807, 2.05) is 24.3 Å². The molecule has 0 aliphatic carbocycles. The van der Waals surface area contributed by atoms with Crippen LogP contribution in [-0.2, 0) is 0 Å². The van der Waals surface area contributed by atoms with Crippen molar-refractivity contribution in [1.82, 2.24) is 4.98 Å². The van der Waals surface area contributed by atoms with Gasteiger partial charge in [-0.25, -0.2) is 4.98 Å². The number of ether oxygens (including phenoxy) is 1. The van der Waals surface area contributed by atoms with Crippen molar-refractivity contribution in [3.8, 4) is 5.75 Å². The number of benzene rings is 1. The molecule has 1 aromatic heterocycles. The number of para-hydroxylation sites is 1. The molecule has 0 saturated heterocycles. The highest BCUT2D eigenvalue weighted by Gasteiger charge is 2.32. The van der Waals surface area contributed by atoms with Crippen LogP contribution in [0, 0.1) is 0 Å². The van der Waals surface area contributed by atoms with Crippen LogP contribution in [0.25, 0.3) is 0 Å². The topological polar surface area (TPSA) is 68.4 Å². The average Bonchev–Trinajstić information content (AvgIpc) is 2.84. The zero-order chi connectivity index (χ0) is 13.4. The van der Waals surface area contributed by atoms with E-state index in [9.17, 15) is 5.11 Å². The van der Waals surface area contributed by atoms with Gasteiger partial charge >= 0.3 is 0 Å². The Kier molecular flexibility index (Phi) is 3.05. The third-order valence-electron chi connectivity index (χ3n) is 3.35. The van der Waals surface area contributed by atoms with Crippen LogP contribution in [0.2, 0.25) is 5.02 Å². The Balaban J connectivity index is 1.97. The number of aromatic nitrogens is 1. The number of anilines is 1. The summed E-state index contributed by atoms with van der Waals surface area (Å²) in [4.78, 5) is 3.97. The normalized spacial score (nSPS) is 18.7. The number of nitrogens with two attached hydrogens (primary N) is 1. The van der Waals surface area contributed by atoms with E-state index in [4.69, 9.17) is 22.1 Å². The second kappa shape index (κ2) is 4.72. The molecular weight excluding hydrogens is 264 g/mol. The first-order valence-electron chi connectivity index (χ1n) is 5.97. The van der Waals surface area contributed by atoms with Gasteiger partial charge in [0.25, 0.3) is 0 Å². The smallest absolute Gasteiger partial charge is 0.129 e. The molecule has 0 fully saturated rings. The molecule has 1 aromatic carbocycles. The number of hydrogen-bond acceptors (Lipinski definition) is 4. The van der Waals surface area contributed by atoms with E-state index in [2.05, 4.69) is 4.98 Å². The van der Waals surface area contributed by atoms with E-state index in [0.29, 0.717) is 23.0 Å². The molecule has 2 heterocycles. The molecule has 0 saturated carbocycles. The first-order chi connectivity index (χ1) is 9.16. The van der Waals surface area contributed by atoms with Gasteiger partial charge in [-0.2, -0.15) is 0 Å². The van der Waals surface area contributed by atoms with Crippen molar-refractivity contribution in [1.29, 1.82) is 0 Å². The number of nitrogens with zero attached hydrogens (tertiary/aromatic N) is 1. The number of halogens is 1. The van der Waals surface area contributed by atoms with Crippen molar-refractivity contribution >= 4 is 17.4 Å². The highest BCUT2D eigenvalue weighted by Crippen LogP contribution is 2.42. The molecule has 5 heteroatoms. The summed E-state index contributed by atoms with van der Waals surface area (Å²) >= 11 is 5.91. The van der Waals surface area contributed by atoms with Crippen LogP contribution < -0.4 is 10.5 Å². The summed E-state index contributed by atoms with van der Waals surface area (Å²) in [6, 6.07) is 9.32. The molecule has 1 aliphatic heterocycles. The Morgan fingerprint density at radius 1 is 1.42 bits per heavy atom. The van der Waals surface area contributed by atoms with E-state index in [-0.39, 0.29) is 5.92 Å². The Labute approximate surface area is 115 Å². The van der Waals surface area contributed by atoms with Gasteiger partial charge in [-0.05, 0) is 12.1 Å². The van der Waals surface area contributed by atoms with Crippen molar-refractivity contribution in [3.05, 3.63) is 52.7 Å². The summed E-state index contributed by atoms with van der Waals surface area (Å²) in [6.45, 7) is 0.423. The number of rotatable bonds is 2. The molecule has 19 heavy (non-hydrogen) atoms. The van der Waals surface area contributed by atoms with Gasteiger partial charge in [0.1, 0.15) is 11.6 Å². The van der Waals surface area contributed by atoms with Gasteiger partial charge in [-0.15, -0.1) is 0 Å². The summed E-state index contributed by atoms with van der Waals surface area (Å²) in [5.41, 5.74) is 7.33. The van der Waals surface area contributed by atoms with Crippen LogP contribution in [0.3, 0.4) is 0 Å². The fourth-order valence-corrected chi connectivity index (χ4v) is 2.53. The van der Waals surface area contributed by atoms with Crippen LogP contribution in [0.15, 0.2) is 36.5 Å². The lowest BCUT2D eigenvalue weighted by atomic mass is 9.91. The maximum absolute atomic E-state index is 10.5. The minimum Gasteiger partial charge on any atom is -0.493 e. The Morgan fingerprint density at radius 2 is 2.21 bits per heavy atom. The number of fused-ring (bicyclic) bond motifs is 1. The quantitative estimate of drug-likeness (QED) is 0.884. The summed E-state index contributed by atoms with van der Waals surface area (Å²) in [6.07, 6.45) is 0.682. The van der Waals surface area contributed by atoms with Crippen molar-refractivity contribution in [2.24, 2.45) is 0 Å². The molecular formula is C14H13ClN2O2. The van der Waals surface area contributed by atoms with Crippen molar-refractivity contribution in [2.45, 2.75) is 12.0 Å². The molecule has 4 nitrogen and oxygen atoms in total. The Morgan fingerprint density at radius 3 is 3.05 bits per heavy atom. The lowest BCUT2D eigenvalue weighted by Gasteiger charge is -2.18. The van der Waals surface area contributed by atoms with Gasteiger partial charge < -0.3 is 15.6 Å². The fraction of sp³-hybridized carbons (Fsp3) is 0.214. The van der Waals surface area contributed by atoms with Crippen molar-refractivity contribution in [2.75, 3.05) is 12.3 Å². The third kappa shape index (κ3) is 2.13. The Hall–Kier alpha value is -1.78. The molecule has 2 atom stereocenters. The van der Waals surface area contributed by atoms with Gasteiger partial charge in [0.05, 0.1) is 23.7 Å². The average molecular weight is 277 g/mol. The number of aliphatic hydroxyl groups excluding tert-OH is 1. The maximum atomic E-state index is 10.5. The molecule has 2 unspecified atom stereocenters. The highest BCUT2D eigenvalue weighted by molar-refractivity contribution is 6.30. The first-order valence-corrected chi connectivity index (χ1v) is 6.35. The second-order valence-corrected chi connectivity index (χ2v) is 4.96. The van der Waals surface area contributed by atoms with E-state index < -0.39 is 6.10 Å². The van der Waals surface area contributed by atoms with E-state index in [1.54, 1.807) is 6.07 Å². The number of aliphatic hydroxyl groups is 1. The van der Waals surface area contributed by atoms with Gasteiger partial charge in [0.2, 0.25) is 0 Å². The summed E-state index contributed by atoms with van der Waals surface area (Å²) in [7, 11) is 0. The zero-order valence-electron chi connectivity index (χ0n) is 10.1. The van der Waals surface area contributed by atoms with Crippen LogP contribution in [0.5, 0.6) is 5.75 Å². The number of pyridine rings is 1. The minimum atomic E-state index is -0.783. The van der Waals surface area contributed by atoms with Crippen molar-refractivity contribution in [3.63, 3.8) is 0 Å². The van der Waals surface area contributed by atoms with E-state index in [0.717, 1.165) is 11.3 Å². The molecule has 0 spiro atoms. The van der Waals surface area contributed by atoms with E-state index >= 15 is 0 Å². The predicted molar refractivity (Wildman–Crippen MR) is 73.3 cm³/mol. The lowest BCUT2D eigenvalue weighted by molar-refractivity contribution is 0.130. The largest absolute Gasteiger partial charge is 0.493 e. The SMILES string of the molecule is Nc1ncc(Cl)cc1C(O)C1COc2ccccc21. The predicted octanol–water partition coefficient (Wildman–Crippen LogP) is 2.53. The molecule has 3 N–H and O–H groups in total. The summed E-state index contributed by atoms with van der Waals surface area (Å²) < 4.78 is 5.57.